The molecule has 0 atom stereocenters. The van der Waals surface area contributed by atoms with Crippen molar-refractivity contribution < 1.29 is 14.1 Å². The van der Waals surface area contributed by atoms with Crippen LogP contribution in [0.1, 0.15) is 44.3 Å². The van der Waals surface area contributed by atoms with E-state index in [9.17, 15) is 4.79 Å². The summed E-state index contributed by atoms with van der Waals surface area (Å²) in [5, 5.41) is 6.77. The molecule has 0 radical (unpaired) electrons. The van der Waals surface area contributed by atoms with Crippen molar-refractivity contribution in [1.29, 1.82) is 0 Å². The lowest BCUT2D eigenvalue weighted by Crippen LogP contribution is -2.11. The van der Waals surface area contributed by atoms with Crippen LogP contribution < -0.4 is 10.1 Å². The highest BCUT2D eigenvalue weighted by molar-refractivity contribution is 5.90. The topological polar surface area (TPSA) is 103 Å². The molecule has 0 spiro atoms. The number of benzene rings is 1. The molecule has 8 nitrogen and oxygen atoms in total. The Labute approximate surface area is 157 Å². The van der Waals surface area contributed by atoms with Crippen molar-refractivity contribution >= 4 is 11.6 Å². The van der Waals surface area contributed by atoms with Crippen molar-refractivity contribution in [2.24, 2.45) is 0 Å². The number of anilines is 1. The highest BCUT2D eigenvalue weighted by atomic mass is 16.5. The minimum atomic E-state index is -0.0877. The van der Waals surface area contributed by atoms with E-state index >= 15 is 0 Å². The second kappa shape index (κ2) is 8.88. The molecule has 1 aromatic carbocycles. The number of hydrogen-bond donors (Lipinski definition) is 1. The normalized spacial score (nSPS) is 10.8. The molecule has 0 aliphatic carbocycles. The molecular weight excluding hydrogens is 346 g/mol. The molecule has 1 N–H and O–H groups in total. The van der Waals surface area contributed by atoms with E-state index in [0.717, 1.165) is 0 Å². The number of carbonyl (C=O) groups is 1. The molecule has 3 rings (SSSR count). The molecule has 3 aromatic rings. The second-order valence-electron chi connectivity index (χ2n) is 6.28. The average molecular weight is 367 g/mol. The summed E-state index contributed by atoms with van der Waals surface area (Å²) >= 11 is 0. The van der Waals surface area contributed by atoms with Gasteiger partial charge in [0, 0.05) is 42.9 Å². The maximum absolute atomic E-state index is 12.1. The minimum Gasteiger partial charge on any atom is -0.437 e. The van der Waals surface area contributed by atoms with Crippen LogP contribution in [0.15, 0.2) is 47.4 Å². The van der Waals surface area contributed by atoms with Gasteiger partial charge >= 0.3 is 0 Å². The Morgan fingerprint density at radius 3 is 2.93 bits per heavy atom. The smallest absolute Gasteiger partial charge is 0.237 e. The fourth-order valence-corrected chi connectivity index (χ4v) is 2.32. The van der Waals surface area contributed by atoms with Crippen molar-refractivity contribution in [2.45, 2.75) is 39.0 Å². The first-order valence-electron chi connectivity index (χ1n) is 8.76. The minimum absolute atomic E-state index is 0.0877. The molecule has 0 saturated carbocycles. The van der Waals surface area contributed by atoms with Gasteiger partial charge < -0.3 is 14.6 Å². The van der Waals surface area contributed by atoms with Gasteiger partial charge in [-0.15, -0.1) is 0 Å². The SMILES string of the molecule is CC(C)c1noc(CCCC(=O)Nc2cccc(Oc3cnccn3)c2)n1. The quantitative estimate of drug-likeness (QED) is 0.647. The summed E-state index contributed by atoms with van der Waals surface area (Å²) in [6, 6.07) is 7.12. The molecule has 2 heterocycles. The summed E-state index contributed by atoms with van der Waals surface area (Å²) in [4.78, 5) is 24.5. The number of ether oxygens (including phenoxy) is 1. The first-order chi connectivity index (χ1) is 13.1. The first kappa shape index (κ1) is 18.5. The zero-order valence-electron chi connectivity index (χ0n) is 15.3. The molecule has 8 heteroatoms. The molecular formula is C19H21N5O3. The van der Waals surface area contributed by atoms with Crippen LogP contribution in [-0.2, 0) is 11.2 Å². The Morgan fingerprint density at radius 1 is 1.30 bits per heavy atom. The Bertz CT molecular complexity index is 880. The van der Waals surface area contributed by atoms with Gasteiger partial charge in [-0.05, 0) is 18.6 Å². The van der Waals surface area contributed by atoms with Gasteiger partial charge in [-0.25, -0.2) is 4.98 Å². The molecule has 2 aromatic heterocycles. The Balaban J connectivity index is 1.48. The van der Waals surface area contributed by atoms with Gasteiger partial charge in [0.1, 0.15) is 5.75 Å². The van der Waals surface area contributed by atoms with Gasteiger partial charge in [-0.3, -0.25) is 9.78 Å². The summed E-state index contributed by atoms with van der Waals surface area (Å²) in [6.07, 6.45) is 6.20. The highest BCUT2D eigenvalue weighted by Gasteiger charge is 2.10. The fourth-order valence-electron chi connectivity index (χ4n) is 2.32. The molecule has 27 heavy (non-hydrogen) atoms. The third-order valence-electron chi connectivity index (χ3n) is 3.67. The second-order valence-corrected chi connectivity index (χ2v) is 6.28. The standard InChI is InChI=1S/C19H21N5O3/c1-13(2)19-23-17(27-24-19)8-4-7-16(25)22-14-5-3-6-15(11-14)26-18-12-20-9-10-21-18/h3,5-6,9-13H,4,7-8H2,1-2H3,(H,22,25). The van der Waals surface area contributed by atoms with E-state index in [2.05, 4.69) is 25.4 Å². The number of aromatic nitrogens is 4. The number of nitrogens with one attached hydrogen (secondary N) is 1. The molecule has 0 unspecified atom stereocenters. The third-order valence-corrected chi connectivity index (χ3v) is 3.67. The van der Waals surface area contributed by atoms with Crippen molar-refractivity contribution in [3.8, 4) is 11.6 Å². The van der Waals surface area contributed by atoms with Crippen LogP contribution in [0.5, 0.6) is 11.6 Å². The molecule has 0 aliphatic rings. The number of carbonyl (C=O) groups excluding carboxylic acids is 1. The van der Waals surface area contributed by atoms with E-state index < -0.39 is 0 Å². The molecule has 140 valence electrons. The molecule has 1 amide bonds. The van der Waals surface area contributed by atoms with Crippen LogP contribution in [0, 0.1) is 0 Å². The molecule has 0 aliphatic heterocycles. The van der Waals surface area contributed by atoms with Crippen LogP contribution in [-0.4, -0.2) is 26.0 Å². The Kier molecular flexibility index (Phi) is 6.09. The van der Waals surface area contributed by atoms with Gasteiger partial charge in [0.05, 0.1) is 6.20 Å². The van der Waals surface area contributed by atoms with Gasteiger partial charge in [0.25, 0.3) is 0 Å². The van der Waals surface area contributed by atoms with Crippen molar-refractivity contribution in [1.82, 2.24) is 20.1 Å². The summed E-state index contributed by atoms with van der Waals surface area (Å²) in [5.74, 6) is 2.35. The molecule has 0 fully saturated rings. The van der Waals surface area contributed by atoms with E-state index in [-0.39, 0.29) is 11.8 Å². The third kappa shape index (κ3) is 5.60. The maximum atomic E-state index is 12.1. The van der Waals surface area contributed by atoms with Gasteiger partial charge in [-0.2, -0.15) is 4.98 Å². The van der Waals surface area contributed by atoms with Crippen molar-refractivity contribution in [3.05, 3.63) is 54.6 Å². The van der Waals surface area contributed by atoms with Crippen LogP contribution in [0.3, 0.4) is 0 Å². The van der Waals surface area contributed by atoms with Crippen LogP contribution in [0.25, 0.3) is 0 Å². The van der Waals surface area contributed by atoms with Crippen molar-refractivity contribution in [2.75, 3.05) is 5.32 Å². The van der Waals surface area contributed by atoms with Gasteiger partial charge in [0.15, 0.2) is 5.82 Å². The van der Waals surface area contributed by atoms with E-state index in [0.29, 0.717) is 48.3 Å². The number of amides is 1. The predicted molar refractivity (Wildman–Crippen MR) is 98.5 cm³/mol. The average Bonchev–Trinajstić information content (AvgIpc) is 3.12. The Morgan fingerprint density at radius 2 is 2.19 bits per heavy atom. The van der Waals surface area contributed by atoms with Crippen LogP contribution in [0.4, 0.5) is 5.69 Å². The fraction of sp³-hybridized carbons (Fsp3) is 0.316. The lowest BCUT2D eigenvalue weighted by Gasteiger charge is -2.08. The summed E-state index contributed by atoms with van der Waals surface area (Å²) in [6.45, 7) is 4.01. The lowest BCUT2D eigenvalue weighted by molar-refractivity contribution is -0.116. The zero-order chi connectivity index (χ0) is 19.1. The molecule has 0 saturated heterocycles. The lowest BCUT2D eigenvalue weighted by atomic mass is 10.2. The molecule has 0 bridgehead atoms. The van der Waals surface area contributed by atoms with E-state index in [1.807, 2.05) is 13.8 Å². The van der Waals surface area contributed by atoms with E-state index in [4.69, 9.17) is 9.26 Å². The van der Waals surface area contributed by atoms with Gasteiger partial charge in [0.2, 0.25) is 17.7 Å². The van der Waals surface area contributed by atoms with Gasteiger partial charge in [-0.1, -0.05) is 25.1 Å². The number of aryl methyl sites for hydroxylation is 1. The monoisotopic (exact) mass is 367 g/mol. The number of nitrogens with zero attached hydrogens (tertiary/aromatic N) is 4. The summed E-state index contributed by atoms with van der Waals surface area (Å²) < 4.78 is 10.8. The number of hydrogen-bond acceptors (Lipinski definition) is 7. The number of rotatable bonds is 8. The summed E-state index contributed by atoms with van der Waals surface area (Å²) in [5.41, 5.74) is 0.654. The Hall–Kier alpha value is -3.29. The van der Waals surface area contributed by atoms with E-state index in [1.54, 1.807) is 36.7 Å². The summed E-state index contributed by atoms with van der Waals surface area (Å²) in [7, 11) is 0. The first-order valence-corrected chi connectivity index (χ1v) is 8.76. The van der Waals surface area contributed by atoms with Crippen LogP contribution in [0.2, 0.25) is 0 Å². The van der Waals surface area contributed by atoms with Crippen molar-refractivity contribution in [3.63, 3.8) is 0 Å². The highest BCUT2D eigenvalue weighted by Crippen LogP contribution is 2.22. The zero-order valence-corrected chi connectivity index (χ0v) is 15.3. The maximum Gasteiger partial charge on any atom is 0.237 e. The van der Waals surface area contributed by atoms with E-state index in [1.165, 1.54) is 6.20 Å². The largest absolute Gasteiger partial charge is 0.437 e. The van der Waals surface area contributed by atoms with Crippen LogP contribution >= 0.6 is 0 Å². The predicted octanol–water partition coefficient (Wildman–Crippen LogP) is 3.74.